The first-order chi connectivity index (χ1) is 6.27. The first-order valence-electron chi connectivity index (χ1n) is 3.80. The second-order valence-electron chi connectivity index (χ2n) is 2.33. The Bertz CT molecular complexity index is 278. The van der Waals surface area contributed by atoms with Gasteiger partial charge >= 0.3 is 0 Å². The topological polar surface area (TPSA) is 18.5 Å². The second kappa shape index (κ2) is 5.07. The monoisotopic (exact) mass is 248 g/mol. The predicted molar refractivity (Wildman–Crippen MR) is 52.2 cm³/mol. The van der Waals surface area contributed by atoms with Crippen LogP contribution in [0.15, 0.2) is 18.2 Å². The molecule has 1 aromatic rings. The van der Waals surface area contributed by atoms with Crippen molar-refractivity contribution in [1.82, 2.24) is 0 Å². The van der Waals surface area contributed by atoms with E-state index in [9.17, 15) is 4.39 Å². The molecule has 1 rings (SSSR count). The molecule has 0 aliphatic carbocycles. The Kier molecular flexibility index (Phi) is 4.02. The molecule has 0 N–H and O–H groups in total. The Hall–Kier alpha value is -0.770. The Morgan fingerprint density at radius 2 is 2.23 bits per heavy atom. The molecule has 0 heterocycles. The fourth-order valence-corrected chi connectivity index (χ4v) is 1.06. The molecule has 0 aromatic heterocycles. The van der Waals surface area contributed by atoms with Gasteiger partial charge < -0.3 is 9.47 Å². The van der Waals surface area contributed by atoms with Crippen LogP contribution in [0.25, 0.3) is 0 Å². The van der Waals surface area contributed by atoms with Crippen LogP contribution in [0.2, 0.25) is 0 Å². The average Bonchev–Trinajstić information content (AvgIpc) is 2.15. The minimum absolute atomic E-state index is 0.228. The lowest BCUT2D eigenvalue weighted by atomic mass is 10.3. The number of rotatable bonds is 4. The Balaban J connectivity index is 2.71. The minimum Gasteiger partial charge on any atom is -0.494 e. The third-order valence-corrected chi connectivity index (χ3v) is 1.79. The molecular formula is C9H10BrFO2. The molecule has 72 valence electrons. The van der Waals surface area contributed by atoms with E-state index in [0.29, 0.717) is 12.4 Å². The molecule has 0 atom stereocenters. The molecule has 13 heavy (non-hydrogen) atoms. The third kappa shape index (κ3) is 2.88. The van der Waals surface area contributed by atoms with Gasteiger partial charge in [0.15, 0.2) is 11.6 Å². The van der Waals surface area contributed by atoms with E-state index in [2.05, 4.69) is 15.9 Å². The number of benzene rings is 1. The Labute approximate surface area is 84.8 Å². The lowest BCUT2D eigenvalue weighted by molar-refractivity contribution is 0.338. The van der Waals surface area contributed by atoms with Gasteiger partial charge in [-0.1, -0.05) is 15.9 Å². The highest BCUT2D eigenvalue weighted by Gasteiger charge is 2.03. The molecule has 0 unspecified atom stereocenters. The van der Waals surface area contributed by atoms with E-state index in [0.717, 1.165) is 5.33 Å². The summed E-state index contributed by atoms with van der Waals surface area (Å²) in [4.78, 5) is 0. The highest BCUT2D eigenvalue weighted by atomic mass is 79.9. The molecule has 0 spiro atoms. The van der Waals surface area contributed by atoms with Crippen LogP contribution in [-0.4, -0.2) is 19.0 Å². The Morgan fingerprint density at radius 3 is 2.77 bits per heavy atom. The van der Waals surface area contributed by atoms with Gasteiger partial charge in [0.25, 0.3) is 0 Å². The maximum absolute atomic E-state index is 13.1. The van der Waals surface area contributed by atoms with E-state index in [4.69, 9.17) is 9.47 Å². The highest BCUT2D eigenvalue weighted by Crippen LogP contribution is 2.21. The maximum atomic E-state index is 13.1. The predicted octanol–water partition coefficient (Wildman–Crippen LogP) is 2.61. The van der Waals surface area contributed by atoms with Crippen molar-refractivity contribution >= 4 is 15.9 Å². The van der Waals surface area contributed by atoms with Crippen LogP contribution in [0.5, 0.6) is 11.5 Å². The van der Waals surface area contributed by atoms with E-state index >= 15 is 0 Å². The zero-order valence-corrected chi connectivity index (χ0v) is 8.80. The first-order valence-corrected chi connectivity index (χ1v) is 4.92. The second-order valence-corrected chi connectivity index (χ2v) is 3.13. The van der Waals surface area contributed by atoms with Gasteiger partial charge in [0.1, 0.15) is 5.75 Å². The van der Waals surface area contributed by atoms with Crippen molar-refractivity contribution in [1.29, 1.82) is 0 Å². The molecule has 0 fully saturated rings. The summed E-state index contributed by atoms with van der Waals surface area (Å²) >= 11 is 3.21. The summed E-state index contributed by atoms with van der Waals surface area (Å²) in [6.45, 7) is 0.520. The standard InChI is InChI=1S/C9H10BrFO2/c1-12-9-3-2-7(6-8(9)11)13-5-4-10/h2-3,6H,4-5H2,1H3. The van der Waals surface area contributed by atoms with Crippen LogP contribution in [0.4, 0.5) is 4.39 Å². The van der Waals surface area contributed by atoms with Gasteiger partial charge in [-0.15, -0.1) is 0 Å². The largest absolute Gasteiger partial charge is 0.494 e. The van der Waals surface area contributed by atoms with Crippen molar-refractivity contribution in [2.45, 2.75) is 0 Å². The fraction of sp³-hybridized carbons (Fsp3) is 0.333. The summed E-state index contributed by atoms with van der Waals surface area (Å²) in [5, 5.41) is 0.723. The van der Waals surface area contributed by atoms with Crippen molar-refractivity contribution < 1.29 is 13.9 Å². The SMILES string of the molecule is COc1ccc(OCCBr)cc1F. The van der Waals surface area contributed by atoms with E-state index < -0.39 is 5.82 Å². The zero-order valence-electron chi connectivity index (χ0n) is 7.22. The quantitative estimate of drug-likeness (QED) is 0.763. The number of halogens is 2. The van der Waals surface area contributed by atoms with Crippen molar-refractivity contribution in [3.63, 3.8) is 0 Å². The van der Waals surface area contributed by atoms with Crippen LogP contribution in [0.3, 0.4) is 0 Å². The van der Waals surface area contributed by atoms with Gasteiger partial charge in [-0.25, -0.2) is 4.39 Å². The smallest absolute Gasteiger partial charge is 0.168 e. The molecular weight excluding hydrogens is 239 g/mol. The molecule has 0 saturated carbocycles. The normalized spacial score (nSPS) is 9.77. The molecule has 2 nitrogen and oxygen atoms in total. The van der Waals surface area contributed by atoms with Crippen LogP contribution < -0.4 is 9.47 Å². The van der Waals surface area contributed by atoms with Gasteiger partial charge in [0.05, 0.1) is 13.7 Å². The average molecular weight is 249 g/mol. The molecule has 0 amide bonds. The van der Waals surface area contributed by atoms with Gasteiger partial charge in [-0.2, -0.15) is 0 Å². The van der Waals surface area contributed by atoms with E-state index in [1.807, 2.05) is 0 Å². The van der Waals surface area contributed by atoms with Crippen molar-refractivity contribution in [3.8, 4) is 11.5 Å². The molecule has 0 bridgehead atoms. The van der Waals surface area contributed by atoms with Crippen LogP contribution >= 0.6 is 15.9 Å². The summed E-state index contributed by atoms with van der Waals surface area (Å²) < 4.78 is 23.0. The molecule has 4 heteroatoms. The first kappa shape index (κ1) is 10.3. The summed E-state index contributed by atoms with van der Waals surface area (Å²) in [6, 6.07) is 4.52. The molecule has 0 aliphatic heterocycles. The summed E-state index contributed by atoms with van der Waals surface area (Å²) in [5.74, 6) is 0.332. The van der Waals surface area contributed by atoms with Gasteiger partial charge in [-0.3, -0.25) is 0 Å². The van der Waals surface area contributed by atoms with Crippen molar-refractivity contribution in [3.05, 3.63) is 24.0 Å². The van der Waals surface area contributed by atoms with E-state index in [-0.39, 0.29) is 5.75 Å². The van der Waals surface area contributed by atoms with Crippen LogP contribution in [0.1, 0.15) is 0 Å². The number of hydrogen-bond acceptors (Lipinski definition) is 2. The number of alkyl halides is 1. The minimum atomic E-state index is -0.408. The molecule has 1 aromatic carbocycles. The summed E-state index contributed by atoms with van der Waals surface area (Å²) in [5.41, 5.74) is 0. The van der Waals surface area contributed by atoms with E-state index in [1.165, 1.54) is 13.2 Å². The lowest BCUT2D eigenvalue weighted by Crippen LogP contribution is -1.98. The maximum Gasteiger partial charge on any atom is 0.168 e. The van der Waals surface area contributed by atoms with Crippen LogP contribution in [0, 0.1) is 5.82 Å². The fourth-order valence-electron chi connectivity index (χ4n) is 0.893. The molecule has 0 saturated heterocycles. The summed E-state index contributed by atoms with van der Waals surface area (Å²) in [6.07, 6.45) is 0. The van der Waals surface area contributed by atoms with Gasteiger partial charge in [0, 0.05) is 11.4 Å². The lowest BCUT2D eigenvalue weighted by Gasteiger charge is -2.05. The molecule has 0 radical (unpaired) electrons. The van der Waals surface area contributed by atoms with E-state index in [1.54, 1.807) is 12.1 Å². The number of methoxy groups -OCH3 is 1. The highest BCUT2D eigenvalue weighted by molar-refractivity contribution is 9.09. The van der Waals surface area contributed by atoms with Gasteiger partial charge in [-0.05, 0) is 12.1 Å². The van der Waals surface area contributed by atoms with Gasteiger partial charge in [0.2, 0.25) is 0 Å². The van der Waals surface area contributed by atoms with Crippen LogP contribution in [-0.2, 0) is 0 Å². The number of ether oxygens (including phenoxy) is 2. The van der Waals surface area contributed by atoms with Crippen molar-refractivity contribution in [2.24, 2.45) is 0 Å². The Morgan fingerprint density at radius 1 is 1.46 bits per heavy atom. The zero-order chi connectivity index (χ0) is 9.68. The number of hydrogen-bond donors (Lipinski definition) is 0. The van der Waals surface area contributed by atoms with Crippen molar-refractivity contribution in [2.75, 3.05) is 19.0 Å². The summed E-state index contributed by atoms with van der Waals surface area (Å²) in [7, 11) is 1.43. The molecule has 0 aliphatic rings. The third-order valence-electron chi connectivity index (χ3n) is 1.47.